The van der Waals surface area contributed by atoms with Crippen LogP contribution in [0.2, 0.25) is 0 Å². The van der Waals surface area contributed by atoms with E-state index in [0.29, 0.717) is 11.3 Å². The van der Waals surface area contributed by atoms with Gasteiger partial charge < -0.3 is 14.8 Å². The maximum absolute atomic E-state index is 14.4. The number of pyridine rings is 1. The summed E-state index contributed by atoms with van der Waals surface area (Å²) in [4.78, 5) is 40.6. The number of fused-ring (bicyclic) bond motifs is 1. The lowest BCUT2D eigenvalue weighted by molar-refractivity contribution is -0.120. The van der Waals surface area contributed by atoms with Crippen LogP contribution in [-0.4, -0.2) is 46.5 Å². The Hall–Kier alpha value is -4.93. The number of aryl methyl sites for hydroxylation is 1. The zero-order valence-corrected chi connectivity index (χ0v) is 21.0. The van der Waals surface area contributed by atoms with Gasteiger partial charge in [-0.15, -0.1) is 0 Å². The van der Waals surface area contributed by atoms with E-state index in [1.807, 2.05) is 0 Å². The van der Waals surface area contributed by atoms with Crippen LogP contribution in [0.1, 0.15) is 21.7 Å². The van der Waals surface area contributed by atoms with Gasteiger partial charge in [-0.25, -0.2) is 23.7 Å². The first-order chi connectivity index (χ1) is 18.8. The normalized spacial score (nSPS) is 14.7. The lowest BCUT2D eigenvalue weighted by Gasteiger charge is -2.24. The van der Waals surface area contributed by atoms with Gasteiger partial charge in [-0.2, -0.15) is 0 Å². The number of amides is 2. The molecule has 39 heavy (non-hydrogen) atoms. The van der Waals surface area contributed by atoms with E-state index in [0.717, 1.165) is 17.8 Å². The molecule has 2 amide bonds. The van der Waals surface area contributed by atoms with Crippen molar-refractivity contribution >= 4 is 17.6 Å². The van der Waals surface area contributed by atoms with Crippen molar-refractivity contribution in [1.82, 2.24) is 20.3 Å². The fourth-order valence-electron chi connectivity index (χ4n) is 4.13. The summed E-state index contributed by atoms with van der Waals surface area (Å²) in [5.74, 6) is -1.86. The fourth-order valence-corrected chi connectivity index (χ4v) is 4.13. The van der Waals surface area contributed by atoms with Gasteiger partial charge in [0.2, 0.25) is 5.82 Å². The molecule has 1 N–H and O–H groups in total. The van der Waals surface area contributed by atoms with Crippen molar-refractivity contribution in [3.05, 3.63) is 95.6 Å². The van der Waals surface area contributed by atoms with Crippen molar-refractivity contribution in [2.24, 2.45) is 0 Å². The molecular weight excluding hydrogens is 508 g/mol. The lowest BCUT2D eigenvalue weighted by Crippen LogP contribution is -2.50. The highest BCUT2D eigenvalue weighted by molar-refractivity contribution is 6.02. The Labute approximate surface area is 222 Å². The number of benzene rings is 2. The topological polar surface area (TPSA) is 107 Å². The number of hydrogen-bond donors (Lipinski definition) is 1. The van der Waals surface area contributed by atoms with Gasteiger partial charge in [-0.1, -0.05) is 24.3 Å². The van der Waals surface area contributed by atoms with E-state index in [2.05, 4.69) is 20.3 Å². The minimum Gasteiger partial charge on any atom is -0.497 e. The molecule has 0 fully saturated rings. The number of anilines is 1. The van der Waals surface area contributed by atoms with Gasteiger partial charge in [0.05, 0.1) is 25.5 Å². The second-order valence-corrected chi connectivity index (χ2v) is 8.79. The minimum atomic E-state index is -1.17. The highest BCUT2D eigenvalue weighted by atomic mass is 19.1. The van der Waals surface area contributed by atoms with Crippen molar-refractivity contribution in [2.75, 3.05) is 18.6 Å². The first-order valence-corrected chi connectivity index (χ1v) is 12.0. The second kappa shape index (κ2) is 10.8. The molecule has 2 aromatic heterocycles. The van der Waals surface area contributed by atoms with Crippen molar-refractivity contribution in [2.45, 2.75) is 19.5 Å². The molecule has 198 valence electrons. The molecule has 4 aromatic rings. The van der Waals surface area contributed by atoms with E-state index in [9.17, 15) is 18.4 Å². The van der Waals surface area contributed by atoms with Crippen LogP contribution in [0, 0.1) is 18.6 Å². The Morgan fingerprint density at radius 1 is 1.13 bits per heavy atom. The summed E-state index contributed by atoms with van der Waals surface area (Å²) in [6.07, 6.45) is 2.40. The number of rotatable bonds is 6. The number of ether oxygens (including phenoxy) is 2. The zero-order valence-electron chi connectivity index (χ0n) is 21.0. The third-order valence-corrected chi connectivity index (χ3v) is 6.13. The van der Waals surface area contributed by atoms with Gasteiger partial charge in [0.1, 0.15) is 30.0 Å². The van der Waals surface area contributed by atoms with Crippen LogP contribution < -0.4 is 19.7 Å². The smallest absolute Gasteiger partial charge is 0.289 e. The summed E-state index contributed by atoms with van der Waals surface area (Å²) in [7, 11) is 1.55. The first-order valence-electron chi connectivity index (χ1n) is 12.0. The molecule has 1 aliphatic heterocycles. The summed E-state index contributed by atoms with van der Waals surface area (Å²) in [5.41, 5.74) is 1.78. The van der Waals surface area contributed by atoms with E-state index < -0.39 is 29.5 Å². The average Bonchev–Trinajstić information content (AvgIpc) is 3.06. The molecule has 0 unspecified atom stereocenters. The summed E-state index contributed by atoms with van der Waals surface area (Å²) in [6.45, 7) is 1.49. The molecule has 5 rings (SSSR count). The van der Waals surface area contributed by atoms with E-state index >= 15 is 0 Å². The van der Waals surface area contributed by atoms with Crippen LogP contribution in [-0.2, 0) is 11.3 Å². The van der Waals surface area contributed by atoms with Gasteiger partial charge in [-0.05, 0) is 42.3 Å². The monoisotopic (exact) mass is 531 g/mol. The second-order valence-electron chi connectivity index (χ2n) is 8.79. The fraction of sp³-hybridized carbons (Fsp3) is 0.179. The van der Waals surface area contributed by atoms with Crippen LogP contribution in [0.5, 0.6) is 11.5 Å². The molecule has 0 saturated heterocycles. The molecule has 11 heteroatoms. The van der Waals surface area contributed by atoms with Crippen LogP contribution in [0.3, 0.4) is 0 Å². The Balaban J connectivity index is 1.43. The van der Waals surface area contributed by atoms with Gasteiger partial charge in [0.15, 0.2) is 11.6 Å². The number of carbonyl (C=O) groups excluding carboxylic acids is 2. The van der Waals surface area contributed by atoms with E-state index in [-0.39, 0.29) is 41.8 Å². The molecule has 9 nitrogen and oxygen atoms in total. The summed E-state index contributed by atoms with van der Waals surface area (Å²) in [5, 5.41) is 2.61. The largest absolute Gasteiger partial charge is 0.497 e. The van der Waals surface area contributed by atoms with Crippen LogP contribution in [0.25, 0.3) is 11.3 Å². The van der Waals surface area contributed by atoms with E-state index in [1.165, 1.54) is 17.2 Å². The van der Waals surface area contributed by atoms with Crippen molar-refractivity contribution < 1.29 is 27.8 Å². The van der Waals surface area contributed by atoms with Crippen LogP contribution >= 0.6 is 0 Å². The summed E-state index contributed by atoms with van der Waals surface area (Å²) >= 11 is 0. The predicted molar refractivity (Wildman–Crippen MR) is 137 cm³/mol. The molecule has 0 spiro atoms. The number of carbonyl (C=O) groups is 2. The highest BCUT2D eigenvalue weighted by Crippen LogP contribution is 2.31. The summed E-state index contributed by atoms with van der Waals surface area (Å²) < 4.78 is 39.2. The number of aromatic nitrogens is 3. The Bertz CT molecular complexity index is 1550. The van der Waals surface area contributed by atoms with Crippen molar-refractivity contribution in [1.29, 1.82) is 0 Å². The zero-order chi connectivity index (χ0) is 27.5. The van der Waals surface area contributed by atoms with Gasteiger partial charge in [-0.3, -0.25) is 14.5 Å². The Morgan fingerprint density at radius 2 is 1.90 bits per heavy atom. The highest BCUT2D eigenvalue weighted by Gasteiger charge is 2.34. The Morgan fingerprint density at radius 3 is 2.64 bits per heavy atom. The molecular formula is C28H23F2N5O4. The van der Waals surface area contributed by atoms with Crippen LogP contribution in [0.4, 0.5) is 14.6 Å². The van der Waals surface area contributed by atoms with Gasteiger partial charge >= 0.3 is 0 Å². The number of halogens is 2. The minimum absolute atomic E-state index is 0.0574. The number of nitrogens with one attached hydrogen (secondary N) is 1. The SMILES string of the molecule is COc1ccc(CN2C(=O)[C@@H](NC(=O)c3ncc(C)c(-c4ccccc4F)n3)COc3cc(F)cnc32)cc1. The molecule has 2 aromatic carbocycles. The number of nitrogens with zero attached hydrogens (tertiary/aromatic N) is 4. The molecule has 1 atom stereocenters. The predicted octanol–water partition coefficient (Wildman–Crippen LogP) is 3.86. The molecule has 3 heterocycles. The Kier molecular flexibility index (Phi) is 7.13. The van der Waals surface area contributed by atoms with Crippen LogP contribution in [0.15, 0.2) is 67.0 Å². The average molecular weight is 532 g/mol. The molecule has 0 aliphatic carbocycles. The van der Waals surface area contributed by atoms with E-state index in [4.69, 9.17) is 9.47 Å². The maximum Gasteiger partial charge on any atom is 0.289 e. The molecule has 1 aliphatic rings. The van der Waals surface area contributed by atoms with Crippen molar-refractivity contribution in [3.8, 4) is 22.8 Å². The lowest BCUT2D eigenvalue weighted by atomic mass is 10.1. The quantitative estimate of drug-likeness (QED) is 0.403. The maximum atomic E-state index is 14.4. The molecule has 0 radical (unpaired) electrons. The van der Waals surface area contributed by atoms with Gasteiger partial charge in [0.25, 0.3) is 11.8 Å². The number of hydrogen-bond acceptors (Lipinski definition) is 7. The van der Waals surface area contributed by atoms with Gasteiger partial charge in [0, 0.05) is 17.8 Å². The standard InChI is InChI=1S/C28H23F2N5O4/c1-16-12-31-25(34-24(16)20-5-3-4-6-21(20)30)27(36)33-22-15-39-23-11-18(29)13-32-26(23)35(28(22)37)14-17-7-9-19(38-2)10-8-17/h3-13,22H,14-15H2,1-2H3,(H,33,36)/t22-/m0/s1. The third kappa shape index (κ3) is 5.37. The molecule has 0 bridgehead atoms. The first kappa shape index (κ1) is 25.7. The van der Waals surface area contributed by atoms with Crippen molar-refractivity contribution in [3.63, 3.8) is 0 Å². The number of methoxy groups -OCH3 is 1. The third-order valence-electron chi connectivity index (χ3n) is 6.13. The summed E-state index contributed by atoms with van der Waals surface area (Å²) in [6, 6.07) is 13.1. The molecule has 0 saturated carbocycles. The van der Waals surface area contributed by atoms with E-state index in [1.54, 1.807) is 56.5 Å².